The Morgan fingerprint density at radius 2 is 1.65 bits per heavy atom. The van der Waals surface area contributed by atoms with Gasteiger partial charge in [0.15, 0.2) is 0 Å². The third-order valence-electron chi connectivity index (χ3n) is 4.27. The Hall–Kier alpha value is -2.10. The van der Waals surface area contributed by atoms with E-state index in [-0.39, 0.29) is 10.7 Å². The van der Waals surface area contributed by atoms with Gasteiger partial charge in [0.25, 0.3) is 0 Å². The summed E-state index contributed by atoms with van der Waals surface area (Å²) in [6.45, 7) is 12.4. The van der Waals surface area contributed by atoms with Crippen LogP contribution in [-0.2, 0) is 0 Å². The molecule has 0 fully saturated rings. The molecule has 0 amide bonds. The first-order valence-electron chi connectivity index (χ1n) is 8.99. The second-order valence-electron chi connectivity index (χ2n) is 6.50. The lowest BCUT2D eigenvalue weighted by atomic mass is 10.0. The molecule has 0 saturated heterocycles. The predicted octanol–water partition coefficient (Wildman–Crippen LogP) is 5.46. The molecule has 2 nitrogen and oxygen atoms in total. The molecule has 26 heavy (non-hydrogen) atoms. The maximum Gasteiger partial charge on any atom is 0.0181 e. The first-order chi connectivity index (χ1) is 12.5. The van der Waals surface area contributed by atoms with Crippen molar-refractivity contribution in [2.75, 3.05) is 13.1 Å². The van der Waals surface area contributed by atoms with Crippen LogP contribution in [-0.4, -0.2) is 19.0 Å². The second kappa shape index (κ2) is 10.1. The Labute approximate surface area is 161 Å². The molecule has 2 N–H and O–H groups in total. The number of benzene rings is 2. The van der Waals surface area contributed by atoms with Crippen molar-refractivity contribution in [3.05, 3.63) is 83.6 Å². The van der Waals surface area contributed by atoms with Crippen molar-refractivity contribution in [2.24, 2.45) is 0 Å². The van der Waals surface area contributed by atoms with Gasteiger partial charge in [0.1, 0.15) is 0 Å². The van der Waals surface area contributed by atoms with E-state index in [4.69, 9.17) is 0 Å². The molecule has 0 aliphatic heterocycles. The summed E-state index contributed by atoms with van der Waals surface area (Å²) in [7, 11) is -0.152. The first kappa shape index (κ1) is 20.2. The molecule has 0 heterocycles. The number of hydrogen-bond donors (Lipinski definition) is 2. The summed E-state index contributed by atoms with van der Waals surface area (Å²) in [5.74, 6) is 4.26. The van der Waals surface area contributed by atoms with Crippen molar-refractivity contribution in [1.29, 1.82) is 0 Å². The number of nitrogens with one attached hydrogen (secondary N) is 2. The van der Waals surface area contributed by atoms with Crippen LogP contribution in [0.5, 0.6) is 0 Å². The smallest absolute Gasteiger partial charge is 0.0181 e. The van der Waals surface area contributed by atoms with E-state index in [1.54, 1.807) is 0 Å². The average Bonchev–Trinajstić information content (AvgIpc) is 2.62. The quantitative estimate of drug-likeness (QED) is 0.349. The standard InChI is InChI=1S/C23H30N2S/c1-18-11-6-8-13-22(18)20(3)17-21(4)24-15-10-16-25-26(5)23-14-9-7-12-19(23)2/h6-9,11-14,17,24-25H,3,5,10,15-16H2,1-2,4H3/b21-17+. The Kier molecular flexibility index (Phi) is 7.89. The van der Waals surface area contributed by atoms with Crippen LogP contribution in [0.4, 0.5) is 0 Å². The number of hydrogen-bond acceptors (Lipinski definition) is 2. The van der Waals surface area contributed by atoms with Crippen LogP contribution in [0.25, 0.3) is 5.57 Å². The Morgan fingerprint density at radius 3 is 2.35 bits per heavy atom. The van der Waals surface area contributed by atoms with Gasteiger partial charge in [-0.05, 0) is 61.6 Å². The van der Waals surface area contributed by atoms with Gasteiger partial charge in [-0.2, -0.15) is 0 Å². The van der Waals surface area contributed by atoms with Crippen LogP contribution < -0.4 is 10.0 Å². The lowest BCUT2D eigenvalue weighted by Gasteiger charge is -2.13. The molecule has 1 unspecified atom stereocenters. The second-order valence-corrected chi connectivity index (χ2v) is 8.01. The number of aryl methyl sites for hydroxylation is 2. The van der Waals surface area contributed by atoms with Crippen molar-refractivity contribution in [3.63, 3.8) is 0 Å². The predicted molar refractivity (Wildman–Crippen MR) is 119 cm³/mol. The minimum atomic E-state index is -0.152. The normalized spacial score (nSPS) is 12.7. The van der Waals surface area contributed by atoms with Crippen molar-refractivity contribution in [2.45, 2.75) is 32.1 Å². The summed E-state index contributed by atoms with van der Waals surface area (Å²) in [5.41, 5.74) is 5.94. The van der Waals surface area contributed by atoms with Crippen molar-refractivity contribution >= 4 is 22.1 Å². The molecule has 0 aromatic heterocycles. The monoisotopic (exact) mass is 366 g/mol. The van der Waals surface area contributed by atoms with Gasteiger partial charge in [-0.1, -0.05) is 65.6 Å². The van der Waals surface area contributed by atoms with Crippen molar-refractivity contribution < 1.29 is 0 Å². The summed E-state index contributed by atoms with van der Waals surface area (Å²) < 4.78 is 3.53. The van der Waals surface area contributed by atoms with E-state index in [1.807, 2.05) is 0 Å². The molecule has 138 valence electrons. The summed E-state index contributed by atoms with van der Waals surface area (Å²) >= 11 is 0. The van der Waals surface area contributed by atoms with Crippen LogP contribution in [0.15, 0.2) is 71.8 Å². The molecule has 2 aromatic rings. The van der Waals surface area contributed by atoms with Gasteiger partial charge in [-0.15, -0.1) is 0 Å². The van der Waals surface area contributed by atoms with Crippen molar-refractivity contribution in [3.8, 4) is 0 Å². The largest absolute Gasteiger partial charge is 0.389 e. The molecular weight excluding hydrogens is 336 g/mol. The van der Waals surface area contributed by atoms with Gasteiger partial charge in [0.2, 0.25) is 0 Å². The zero-order chi connectivity index (χ0) is 18.9. The SMILES string of the molecule is C=C(/C=C(\C)NCCCNS(=C)c1ccccc1C)c1ccccc1C. The number of allylic oxidation sites excluding steroid dienone is 3. The van der Waals surface area contributed by atoms with E-state index < -0.39 is 0 Å². The summed E-state index contributed by atoms with van der Waals surface area (Å²) in [6.07, 6.45) is 3.17. The van der Waals surface area contributed by atoms with E-state index in [2.05, 4.69) is 97.9 Å². The van der Waals surface area contributed by atoms with Gasteiger partial charge in [-0.3, -0.25) is 4.72 Å². The van der Waals surface area contributed by atoms with Gasteiger partial charge >= 0.3 is 0 Å². The van der Waals surface area contributed by atoms with Gasteiger partial charge < -0.3 is 5.32 Å². The van der Waals surface area contributed by atoms with Gasteiger partial charge in [-0.25, -0.2) is 0 Å². The van der Waals surface area contributed by atoms with Crippen LogP contribution in [0, 0.1) is 13.8 Å². The molecule has 0 saturated carbocycles. The lowest BCUT2D eigenvalue weighted by Crippen LogP contribution is -2.18. The highest BCUT2D eigenvalue weighted by Crippen LogP contribution is 2.23. The van der Waals surface area contributed by atoms with E-state index >= 15 is 0 Å². The Bertz CT molecular complexity index is 805. The molecule has 0 radical (unpaired) electrons. The highest BCUT2D eigenvalue weighted by Gasteiger charge is 2.01. The molecule has 0 aliphatic rings. The highest BCUT2D eigenvalue weighted by molar-refractivity contribution is 8.12. The molecule has 1 atom stereocenters. The van der Waals surface area contributed by atoms with Crippen LogP contribution in [0.1, 0.15) is 30.0 Å². The van der Waals surface area contributed by atoms with Crippen LogP contribution >= 0.6 is 10.7 Å². The first-order valence-corrected chi connectivity index (χ1v) is 10.4. The molecule has 0 spiro atoms. The molecule has 3 heteroatoms. The Balaban J connectivity index is 1.74. The fourth-order valence-corrected chi connectivity index (χ4v) is 4.05. The zero-order valence-corrected chi connectivity index (χ0v) is 17.0. The van der Waals surface area contributed by atoms with Gasteiger partial charge in [0, 0.05) is 23.7 Å². The Morgan fingerprint density at radius 1 is 1.00 bits per heavy atom. The zero-order valence-electron chi connectivity index (χ0n) is 16.1. The fourth-order valence-electron chi connectivity index (χ4n) is 2.80. The third-order valence-corrected chi connectivity index (χ3v) is 5.82. The minimum Gasteiger partial charge on any atom is -0.389 e. The molecule has 0 bridgehead atoms. The summed E-state index contributed by atoms with van der Waals surface area (Å²) in [6, 6.07) is 16.8. The molecule has 2 rings (SSSR count). The molecular formula is C23H30N2S. The summed E-state index contributed by atoms with van der Waals surface area (Å²) in [5, 5.41) is 3.47. The van der Waals surface area contributed by atoms with E-state index in [0.29, 0.717) is 0 Å². The molecule has 0 aliphatic carbocycles. The van der Waals surface area contributed by atoms with E-state index in [1.165, 1.54) is 21.6 Å². The third kappa shape index (κ3) is 6.01. The maximum absolute atomic E-state index is 4.26. The van der Waals surface area contributed by atoms with E-state index in [0.717, 1.165) is 30.8 Å². The summed E-state index contributed by atoms with van der Waals surface area (Å²) in [4.78, 5) is 1.30. The van der Waals surface area contributed by atoms with Gasteiger partial charge in [0.05, 0.1) is 0 Å². The highest BCUT2D eigenvalue weighted by atomic mass is 32.2. The average molecular weight is 367 g/mol. The minimum absolute atomic E-state index is 0.152. The fraction of sp³-hybridized carbons (Fsp3) is 0.261. The topological polar surface area (TPSA) is 24.1 Å². The lowest BCUT2D eigenvalue weighted by molar-refractivity contribution is 0.716. The maximum atomic E-state index is 4.26. The van der Waals surface area contributed by atoms with Crippen molar-refractivity contribution in [1.82, 2.24) is 10.0 Å². The van der Waals surface area contributed by atoms with Crippen LogP contribution in [0.3, 0.4) is 0 Å². The van der Waals surface area contributed by atoms with Crippen LogP contribution in [0.2, 0.25) is 0 Å². The number of rotatable bonds is 9. The van der Waals surface area contributed by atoms with E-state index in [9.17, 15) is 0 Å². The molecule has 2 aromatic carbocycles.